The molecule has 0 aromatic heterocycles. The van der Waals surface area contributed by atoms with Crippen molar-refractivity contribution in [3.05, 3.63) is 29.8 Å². The van der Waals surface area contributed by atoms with Crippen LogP contribution < -0.4 is 4.74 Å². The number of benzene rings is 1. The number of aliphatic carboxylic acids is 1. The van der Waals surface area contributed by atoms with Gasteiger partial charge in [0, 0.05) is 24.7 Å². The molecule has 0 spiro atoms. The van der Waals surface area contributed by atoms with Crippen molar-refractivity contribution in [1.29, 1.82) is 0 Å². The first-order chi connectivity index (χ1) is 9.85. The summed E-state index contributed by atoms with van der Waals surface area (Å²) >= 11 is 0. The minimum absolute atomic E-state index is 0.0290. The first-order valence-corrected chi connectivity index (χ1v) is 6.64. The van der Waals surface area contributed by atoms with Crippen molar-refractivity contribution in [3.8, 4) is 5.75 Å². The summed E-state index contributed by atoms with van der Waals surface area (Å²) in [5, 5.41) is 8.74. The molecule has 1 N–H and O–H groups in total. The topological polar surface area (TPSA) is 49.8 Å². The van der Waals surface area contributed by atoms with E-state index in [9.17, 15) is 18.0 Å². The Morgan fingerprint density at radius 3 is 2.57 bits per heavy atom. The summed E-state index contributed by atoms with van der Waals surface area (Å²) in [6, 6.07) is 6.20. The molecule has 1 saturated carbocycles. The Hall–Kier alpha value is -1.76. The van der Waals surface area contributed by atoms with Crippen LogP contribution in [0.25, 0.3) is 0 Å². The maximum Gasteiger partial charge on any atom is 0.573 e. The summed E-state index contributed by atoms with van der Waals surface area (Å²) in [6.45, 7) is 0.574. The highest BCUT2D eigenvalue weighted by Gasteiger charge is 2.33. The Morgan fingerprint density at radius 2 is 2.00 bits per heavy atom. The van der Waals surface area contributed by atoms with Crippen molar-refractivity contribution < 1.29 is 27.8 Å². The molecule has 0 heterocycles. The number of rotatable bonds is 7. The fourth-order valence-corrected chi connectivity index (χ4v) is 2.15. The van der Waals surface area contributed by atoms with Crippen LogP contribution in [0.1, 0.15) is 24.8 Å². The second-order valence-corrected chi connectivity index (χ2v) is 5.00. The molecule has 0 radical (unpaired) electrons. The molecule has 1 aromatic carbocycles. The van der Waals surface area contributed by atoms with E-state index in [-0.39, 0.29) is 24.8 Å². The summed E-state index contributed by atoms with van der Waals surface area (Å²) in [4.78, 5) is 12.5. The second-order valence-electron chi connectivity index (χ2n) is 5.00. The number of alkyl halides is 3. The molecule has 1 aliphatic rings. The van der Waals surface area contributed by atoms with Crippen molar-refractivity contribution >= 4 is 5.97 Å². The van der Waals surface area contributed by atoms with Gasteiger partial charge in [0.2, 0.25) is 0 Å². The van der Waals surface area contributed by atoms with E-state index in [0.717, 1.165) is 12.8 Å². The van der Waals surface area contributed by atoms with Gasteiger partial charge in [0.1, 0.15) is 5.75 Å². The van der Waals surface area contributed by atoms with Crippen LogP contribution in [-0.2, 0) is 11.3 Å². The second kappa shape index (κ2) is 6.34. The molecule has 116 valence electrons. The monoisotopic (exact) mass is 303 g/mol. The van der Waals surface area contributed by atoms with Crippen LogP contribution in [0.2, 0.25) is 0 Å². The van der Waals surface area contributed by atoms with E-state index in [4.69, 9.17) is 5.11 Å². The van der Waals surface area contributed by atoms with Gasteiger partial charge in [-0.25, -0.2) is 0 Å². The number of hydrogen-bond acceptors (Lipinski definition) is 3. The molecule has 0 aliphatic heterocycles. The predicted molar refractivity (Wildman–Crippen MR) is 68.8 cm³/mol. The SMILES string of the molecule is O=C(O)CCN(Cc1ccccc1OC(F)(F)F)C1CC1. The van der Waals surface area contributed by atoms with Crippen LogP contribution in [0.3, 0.4) is 0 Å². The van der Waals surface area contributed by atoms with Crippen LogP contribution in [-0.4, -0.2) is 34.9 Å². The maximum absolute atomic E-state index is 12.4. The van der Waals surface area contributed by atoms with E-state index >= 15 is 0 Å². The van der Waals surface area contributed by atoms with E-state index < -0.39 is 12.3 Å². The number of carboxylic acids is 1. The molecule has 1 fully saturated rings. The summed E-state index contributed by atoms with van der Waals surface area (Å²) in [5.41, 5.74) is 0.409. The lowest BCUT2D eigenvalue weighted by molar-refractivity contribution is -0.275. The molecule has 0 unspecified atom stereocenters. The third-order valence-electron chi connectivity index (χ3n) is 3.25. The number of carboxylic acid groups (broad SMARTS) is 1. The molecule has 7 heteroatoms. The van der Waals surface area contributed by atoms with E-state index in [0.29, 0.717) is 12.1 Å². The number of halogens is 3. The van der Waals surface area contributed by atoms with Crippen molar-refractivity contribution in [2.75, 3.05) is 6.54 Å². The van der Waals surface area contributed by atoms with Gasteiger partial charge in [-0.15, -0.1) is 13.2 Å². The quantitative estimate of drug-likeness (QED) is 0.841. The zero-order chi connectivity index (χ0) is 15.5. The van der Waals surface area contributed by atoms with Gasteiger partial charge in [-0.3, -0.25) is 9.69 Å². The fraction of sp³-hybridized carbons (Fsp3) is 0.500. The smallest absolute Gasteiger partial charge is 0.481 e. The zero-order valence-corrected chi connectivity index (χ0v) is 11.3. The van der Waals surface area contributed by atoms with E-state index in [2.05, 4.69) is 4.74 Å². The maximum atomic E-state index is 12.4. The third kappa shape index (κ3) is 5.26. The van der Waals surface area contributed by atoms with Gasteiger partial charge in [0.15, 0.2) is 0 Å². The molecule has 0 saturated heterocycles. The summed E-state index contributed by atoms with van der Waals surface area (Å²) in [7, 11) is 0. The Morgan fingerprint density at radius 1 is 1.33 bits per heavy atom. The lowest BCUT2D eigenvalue weighted by Gasteiger charge is -2.23. The van der Waals surface area contributed by atoms with Gasteiger partial charge in [-0.1, -0.05) is 18.2 Å². The lowest BCUT2D eigenvalue weighted by atomic mass is 10.2. The van der Waals surface area contributed by atoms with Crippen molar-refractivity contribution in [3.63, 3.8) is 0 Å². The number of hydrogen-bond donors (Lipinski definition) is 1. The van der Waals surface area contributed by atoms with Gasteiger partial charge < -0.3 is 9.84 Å². The minimum Gasteiger partial charge on any atom is -0.481 e. The van der Waals surface area contributed by atoms with Gasteiger partial charge in [-0.05, 0) is 18.9 Å². The van der Waals surface area contributed by atoms with Gasteiger partial charge in [0.25, 0.3) is 0 Å². The molecular formula is C14H16F3NO3. The summed E-state index contributed by atoms with van der Waals surface area (Å²) in [5.74, 6) is -1.15. The van der Waals surface area contributed by atoms with Crippen molar-refractivity contribution in [2.24, 2.45) is 0 Å². The van der Waals surface area contributed by atoms with Crippen LogP contribution in [0.15, 0.2) is 24.3 Å². The highest BCUT2D eigenvalue weighted by molar-refractivity contribution is 5.66. The molecule has 21 heavy (non-hydrogen) atoms. The van der Waals surface area contributed by atoms with Crippen molar-refractivity contribution in [2.45, 2.75) is 38.2 Å². The summed E-state index contributed by atoms with van der Waals surface area (Å²) in [6.07, 6.45) is -2.87. The number of carbonyl (C=O) groups is 1. The van der Waals surface area contributed by atoms with Gasteiger partial charge in [0.05, 0.1) is 6.42 Å². The van der Waals surface area contributed by atoms with E-state index in [1.54, 1.807) is 12.1 Å². The van der Waals surface area contributed by atoms with Crippen LogP contribution in [0.5, 0.6) is 5.75 Å². The number of para-hydroxylation sites is 1. The van der Waals surface area contributed by atoms with Gasteiger partial charge in [-0.2, -0.15) is 0 Å². The molecule has 1 aromatic rings. The largest absolute Gasteiger partial charge is 0.573 e. The van der Waals surface area contributed by atoms with Crippen molar-refractivity contribution in [1.82, 2.24) is 4.90 Å². The molecule has 4 nitrogen and oxygen atoms in total. The standard InChI is InChI=1S/C14H16F3NO3/c15-14(16,17)21-12-4-2-1-3-10(12)9-18(11-5-6-11)8-7-13(19)20/h1-4,11H,5-9H2,(H,19,20). The molecule has 0 bridgehead atoms. The fourth-order valence-electron chi connectivity index (χ4n) is 2.15. The van der Waals surface area contributed by atoms with Crippen LogP contribution >= 0.6 is 0 Å². The Kier molecular flexibility index (Phi) is 4.72. The molecule has 0 atom stereocenters. The third-order valence-corrected chi connectivity index (χ3v) is 3.25. The number of nitrogens with zero attached hydrogens (tertiary/aromatic N) is 1. The Bertz CT molecular complexity index is 500. The molecule has 0 amide bonds. The van der Waals surface area contributed by atoms with Crippen LogP contribution in [0, 0.1) is 0 Å². The summed E-state index contributed by atoms with van der Waals surface area (Å²) < 4.78 is 41.1. The average molecular weight is 303 g/mol. The molecular weight excluding hydrogens is 287 g/mol. The highest BCUT2D eigenvalue weighted by Crippen LogP contribution is 2.32. The lowest BCUT2D eigenvalue weighted by Crippen LogP contribution is -2.29. The first-order valence-electron chi connectivity index (χ1n) is 6.64. The molecule has 1 aliphatic carbocycles. The Labute approximate surface area is 120 Å². The predicted octanol–water partition coefficient (Wildman–Crippen LogP) is 3.02. The number of ether oxygens (including phenoxy) is 1. The first kappa shape index (κ1) is 15.6. The average Bonchev–Trinajstić information content (AvgIpc) is 3.18. The molecule has 2 rings (SSSR count). The Balaban J connectivity index is 2.07. The zero-order valence-electron chi connectivity index (χ0n) is 11.3. The van der Waals surface area contributed by atoms with Crippen LogP contribution in [0.4, 0.5) is 13.2 Å². The van der Waals surface area contributed by atoms with E-state index in [1.165, 1.54) is 12.1 Å². The highest BCUT2D eigenvalue weighted by atomic mass is 19.4. The van der Waals surface area contributed by atoms with E-state index in [1.807, 2.05) is 4.90 Å². The normalized spacial score (nSPS) is 15.2. The van der Waals surface area contributed by atoms with Gasteiger partial charge >= 0.3 is 12.3 Å². The minimum atomic E-state index is -4.73.